The fourth-order valence-corrected chi connectivity index (χ4v) is 1.72. The normalized spacial score (nSPS) is 10.3. The Balaban J connectivity index is 3.35. The first-order valence-corrected chi connectivity index (χ1v) is 5.75. The minimum absolute atomic E-state index is 0.0455. The van der Waals surface area contributed by atoms with Gasteiger partial charge in [-0.1, -0.05) is 6.07 Å². The van der Waals surface area contributed by atoms with E-state index < -0.39 is 11.9 Å². The molecule has 0 fully saturated rings. The van der Waals surface area contributed by atoms with E-state index in [2.05, 4.69) is 4.74 Å². The molecule has 1 N–H and O–H groups in total. The molecule has 1 rings (SSSR count). The quantitative estimate of drug-likeness (QED) is 0.628. The molecule has 20 heavy (non-hydrogen) atoms. The number of hydrogen-bond acceptors (Lipinski definition) is 5. The lowest BCUT2D eigenvalue weighted by atomic mass is 10.0. The Morgan fingerprint density at radius 3 is 2.40 bits per heavy atom. The van der Waals surface area contributed by atoms with Gasteiger partial charge in [0.1, 0.15) is 0 Å². The van der Waals surface area contributed by atoms with E-state index in [4.69, 9.17) is 14.6 Å². The van der Waals surface area contributed by atoms with E-state index in [1.165, 1.54) is 27.4 Å². The smallest absolute Gasteiger partial charge is 0.328 e. The molecule has 0 atom stereocenters. The van der Waals surface area contributed by atoms with Crippen LogP contribution in [0.25, 0.3) is 6.08 Å². The zero-order valence-corrected chi connectivity index (χ0v) is 11.5. The van der Waals surface area contributed by atoms with Crippen LogP contribution in [0.15, 0.2) is 18.2 Å². The Morgan fingerprint density at radius 2 is 1.90 bits per heavy atom. The van der Waals surface area contributed by atoms with Crippen LogP contribution >= 0.6 is 0 Å². The number of rotatable bonds is 6. The van der Waals surface area contributed by atoms with Crippen LogP contribution in [-0.2, 0) is 20.7 Å². The highest BCUT2D eigenvalue weighted by atomic mass is 16.5. The van der Waals surface area contributed by atoms with E-state index in [-0.39, 0.29) is 6.42 Å². The summed E-state index contributed by atoms with van der Waals surface area (Å²) in [4.78, 5) is 22.1. The van der Waals surface area contributed by atoms with Crippen molar-refractivity contribution in [3.63, 3.8) is 0 Å². The molecular formula is C14H16O6. The van der Waals surface area contributed by atoms with Crippen LogP contribution < -0.4 is 9.47 Å². The summed E-state index contributed by atoms with van der Waals surface area (Å²) in [6.45, 7) is 0. The number of hydrogen-bond donors (Lipinski definition) is 1. The highest BCUT2D eigenvalue weighted by Crippen LogP contribution is 2.34. The van der Waals surface area contributed by atoms with Gasteiger partial charge in [-0.3, -0.25) is 4.79 Å². The van der Waals surface area contributed by atoms with Gasteiger partial charge in [0.2, 0.25) is 0 Å². The lowest BCUT2D eigenvalue weighted by molar-refractivity contribution is -0.139. The van der Waals surface area contributed by atoms with E-state index in [1.807, 2.05) is 0 Å². The van der Waals surface area contributed by atoms with Gasteiger partial charge in [0, 0.05) is 11.6 Å². The van der Waals surface area contributed by atoms with Gasteiger partial charge >= 0.3 is 11.9 Å². The van der Waals surface area contributed by atoms with E-state index in [1.54, 1.807) is 12.1 Å². The summed E-state index contributed by atoms with van der Waals surface area (Å²) >= 11 is 0. The molecule has 108 valence electrons. The first kappa shape index (κ1) is 15.6. The monoisotopic (exact) mass is 280 g/mol. The average molecular weight is 280 g/mol. The van der Waals surface area contributed by atoms with Gasteiger partial charge in [0.25, 0.3) is 0 Å². The van der Waals surface area contributed by atoms with Crippen molar-refractivity contribution < 1.29 is 28.9 Å². The maximum absolute atomic E-state index is 11.5. The number of carbonyl (C=O) groups is 2. The zero-order valence-electron chi connectivity index (χ0n) is 11.5. The van der Waals surface area contributed by atoms with E-state index >= 15 is 0 Å². The van der Waals surface area contributed by atoms with Crippen LogP contribution in [0.4, 0.5) is 0 Å². The van der Waals surface area contributed by atoms with Crippen LogP contribution in [0.2, 0.25) is 0 Å². The fourth-order valence-electron chi connectivity index (χ4n) is 1.72. The van der Waals surface area contributed by atoms with Crippen LogP contribution in [0.3, 0.4) is 0 Å². The third kappa shape index (κ3) is 3.74. The Kier molecular flexibility index (Phi) is 5.58. The van der Waals surface area contributed by atoms with Gasteiger partial charge < -0.3 is 19.3 Å². The summed E-state index contributed by atoms with van der Waals surface area (Å²) < 4.78 is 15.0. The predicted molar refractivity (Wildman–Crippen MR) is 71.9 cm³/mol. The zero-order chi connectivity index (χ0) is 15.1. The van der Waals surface area contributed by atoms with Crippen molar-refractivity contribution in [1.82, 2.24) is 0 Å². The Labute approximate surface area is 116 Å². The lowest BCUT2D eigenvalue weighted by Gasteiger charge is -2.14. The molecule has 1 aromatic rings. The first-order valence-electron chi connectivity index (χ1n) is 5.75. The van der Waals surface area contributed by atoms with Gasteiger partial charge in [-0.2, -0.15) is 0 Å². The van der Waals surface area contributed by atoms with Gasteiger partial charge in [-0.15, -0.1) is 0 Å². The molecule has 0 radical (unpaired) electrons. The summed E-state index contributed by atoms with van der Waals surface area (Å²) in [5, 5.41) is 8.69. The van der Waals surface area contributed by atoms with Gasteiger partial charge in [-0.25, -0.2) is 4.79 Å². The number of carboxylic acids is 1. The molecule has 6 heteroatoms. The summed E-state index contributed by atoms with van der Waals surface area (Å²) in [5.41, 5.74) is 1.06. The lowest BCUT2D eigenvalue weighted by Crippen LogP contribution is -2.08. The minimum Gasteiger partial charge on any atom is -0.493 e. The van der Waals surface area contributed by atoms with Gasteiger partial charge in [0.15, 0.2) is 11.5 Å². The number of ether oxygens (including phenoxy) is 3. The number of aliphatic carboxylic acids is 1. The summed E-state index contributed by atoms with van der Waals surface area (Å²) in [5.74, 6) is -0.699. The van der Waals surface area contributed by atoms with Crippen LogP contribution in [0, 0.1) is 0 Å². The second kappa shape index (κ2) is 7.18. The molecule has 0 unspecified atom stereocenters. The van der Waals surface area contributed by atoms with Crippen molar-refractivity contribution in [2.45, 2.75) is 6.42 Å². The molecule has 0 saturated carbocycles. The van der Waals surface area contributed by atoms with Crippen molar-refractivity contribution in [1.29, 1.82) is 0 Å². The van der Waals surface area contributed by atoms with Gasteiger partial charge in [-0.05, 0) is 17.7 Å². The molecule has 6 nitrogen and oxygen atoms in total. The molecule has 0 heterocycles. The second-order valence-electron chi connectivity index (χ2n) is 3.79. The second-order valence-corrected chi connectivity index (χ2v) is 3.79. The molecule has 0 aliphatic carbocycles. The van der Waals surface area contributed by atoms with Crippen LogP contribution in [-0.4, -0.2) is 38.4 Å². The first-order chi connectivity index (χ1) is 9.53. The van der Waals surface area contributed by atoms with Crippen molar-refractivity contribution in [3.05, 3.63) is 29.3 Å². The van der Waals surface area contributed by atoms with E-state index in [9.17, 15) is 9.59 Å². The van der Waals surface area contributed by atoms with Crippen molar-refractivity contribution in [2.75, 3.05) is 21.3 Å². The third-order valence-electron chi connectivity index (χ3n) is 2.64. The van der Waals surface area contributed by atoms with Crippen molar-refractivity contribution in [2.24, 2.45) is 0 Å². The topological polar surface area (TPSA) is 82.1 Å². The van der Waals surface area contributed by atoms with Crippen LogP contribution in [0.1, 0.15) is 11.1 Å². The third-order valence-corrected chi connectivity index (χ3v) is 2.64. The molecule has 0 aliphatic heterocycles. The van der Waals surface area contributed by atoms with Crippen molar-refractivity contribution >= 4 is 18.0 Å². The predicted octanol–water partition coefficient (Wildman–Crippen LogP) is 1.52. The molecule has 0 bridgehead atoms. The summed E-state index contributed by atoms with van der Waals surface area (Å²) in [7, 11) is 4.21. The number of benzene rings is 1. The molecule has 0 spiro atoms. The van der Waals surface area contributed by atoms with E-state index in [0.717, 1.165) is 6.08 Å². The number of carbonyl (C=O) groups excluding carboxylic acids is 1. The van der Waals surface area contributed by atoms with Gasteiger partial charge in [0.05, 0.1) is 27.8 Å². The fraction of sp³-hybridized carbons (Fsp3) is 0.286. The molecule has 0 aliphatic rings. The van der Waals surface area contributed by atoms with Crippen LogP contribution in [0.5, 0.6) is 11.5 Å². The minimum atomic E-state index is -1.08. The molecule has 0 saturated heterocycles. The highest BCUT2D eigenvalue weighted by Gasteiger charge is 2.17. The number of esters is 1. The maximum atomic E-state index is 11.5. The molecule has 0 amide bonds. The van der Waals surface area contributed by atoms with E-state index in [0.29, 0.717) is 22.6 Å². The Bertz CT molecular complexity index is 533. The summed E-state index contributed by atoms with van der Waals surface area (Å²) in [6, 6.07) is 3.29. The highest BCUT2D eigenvalue weighted by molar-refractivity contribution is 5.86. The Morgan fingerprint density at radius 1 is 1.20 bits per heavy atom. The molecule has 0 aromatic heterocycles. The molecular weight excluding hydrogens is 264 g/mol. The summed E-state index contributed by atoms with van der Waals surface area (Å²) in [6.07, 6.45) is 2.33. The SMILES string of the molecule is COC(=O)Cc1c(/C=C/C(=O)O)ccc(OC)c1OC. The number of methoxy groups -OCH3 is 3. The molecule has 1 aromatic carbocycles. The largest absolute Gasteiger partial charge is 0.493 e. The number of carboxylic acid groups (broad SMARTS) is 1. The maximum Gasteiger partial charge on any atom is 0.328 e. The standard InChI is InChI=1S/C14H16O6/c1-18-11-6-4-9(5-7-12(15)16)10(14(11)20-3)8-13(17)19-2/h4-7H,8H2,1-3H3,(H,15,16)/b7-5+. The van der Waals surface area contributed by atoms with Crippen molar-refractivity contribution in [3.8, 4) is 11.5 Å². The Hall–Kier alpha value is -2.50. The average Bonchev–Trinajstić information content (AvgIpc) is 2.44.